The molecule has 0 aliphatic carbocycles. The van der Waals surface area contributed by atoms with Crippen molar-refractivity contribution in [1.82, 2.24) is 4.98 Å². The summed E-state index contributed by atoms with van der Waals surface area (Å²) in [5.41, 5.74) is 0.877. The van der Waals surface area contributed by atoms with Crippen LogP contribution in [0, 0.1) is 0 Å². The van der Waals surface area contributed by atoms with E-state index in [9.17, 15) is 13.2 Å². The fourth-order valence-corrected chi connectivity index (χ4v) is 2.19. The van der Waals surface area contributed by atoms with E-state index in [1.54, 1.807) is 6.07 Å². The summed E-state index contributed by atoms with van der Waals surface area (Å²) in [6.45, 7) is 6.86. The predicted molar refractivity (Wildman–Crippen MR) is 79.6 cm³/mol. The van der Waals surface area contributed by atoms with Gasteiger partial charge >= 0.3 is 6.18 Å². The molecular formula is C16H19F3N2. The zero-order valence-electron chi connectivity index (χ0n) is 12.4. The number of hydrogen-bond acceptors (Lipinski definition) is 2. The second-order valence-electron chi connectivity index (χ2n) is 5.41. The smallest absolute Gasteiger partial charge is 0.370 e. The SMILES string of the molecule is CCCNc1nc2ccc(C(F)(F)F)cc2cc1C(C)C. The Labute approximate surface area is 122 Å². The zero-order chi connectivity index (χ0) is 15.6. The molecule has 0 unspecified atom stereocenters. The van der Waals surface area contributed by atoms with Gasteiger partial charge in [0.05, 0.1) is 11.1 Å². The molecule has 0 fully saturated rings. The molecule has 5 heteroatoms. The Morgan fingerprint density at radius 1 is 1.19 bits per heavy atom. The largest absolute Gasteiger partial charge is 0.416 e. The first-order valence-electron chi connectivity index (χ1n) is 7.08. The summed E-state index contributed by atoms with van der Waals surface area (Å²) in [4.78, 5) is 4.48. The molecule has 0 amide bonds. The standard InChI is InChI=1S/C16H19F3N2/c1-4-7-20-15-13(10(2)3)9-11-8-12(16(17,18)19)5-6-14(11)21-15/h5-6,8-10H,4,7H2,1-3H3,(H,20,21). The number of halogens is 3. The van der Waals surface area contributed by atoms with E-state index >= 15 is 0 Å². The molecule has 0 atom stereocenters. The average molecular weight is 296 g/mol. The first-order chi connectivity index (χ1) is 9.82. The minimum atomic E-state index is -4.33. The number of aromatic nitrogens is 1. The number of fused-ring (bicyclic) bond motifs is 1. The van der Waals surface area contributed by atoms with Gasteiger partial charge in [-0.25, -0.2) is 4.98 Å². The lowest BCUT2D eigenvalue weighted by molar-refractivity contribution is -0.137. The number of rotatable bonds is 4. The Morgan fingerprint density at radius 3 is 2.48 bits per heavy atom. The number of nitrogens with one attached hydrogen (secondary N) is 1. The molecule has 114 valence electrons. The van der Waals surface area contributed by atoms with E-state index in [1.165, 1.54) is 6.07 Å². The number of benzene rings is 1. The van der Waals surface area contributed by atoms with E-state index in [-0.39, 0.29) is 5.92 Å². The average Bonchev–Trinajstić information content (AvgIpc) is 2.42. The van der Waals surface area contributed by atoms with Crippen LogP contribution in [0.4, 0.5) is 19.0 Å². The van der Waals surface area contributed by atoms with Gasteiger partial charge in [-0.2, -0.15) is 13.2 Å². The maximum atomic E-state index is 12.8. The lowest BCUT2D eigenvalue weighted by Gasteiger charge is -2.15. The third kappa shape index (κ3) is 3.46. The third-order valence-electron chi connectivity index (χ3n) is 3.34. The summed E-state index contributed by atoms with van der Waals surface area (Å²) >= 11 is 0. The number of hydrogen-bond donors (Lipinski definition) is 1. The minimum absolute atomic E-state index is 0.191. The highest BCUT2D eigenvalue weighted by Gasteiger charge is 2.30. The number of pyridine rings is 1. The van der Waals surface area contributed by atoms with E-state index in [0.717, 1.165) is 36.5 Å². The second kappa shape index (κ2) is 5.92. The summed E-state index contributed by atoms with van der Waals surface area (Å²) in [5.74, 6) is 0.954. The van der Waals surface area contributed by atoms with Gasteiger partial charge in [0.25, 0.3) is 0 Å². The van der Waals surface area contributed by atoms with Crippen molar-refractivity contribution in [2.75, 3.05) is 11.9 Å². The van der Waals surface area contributed by atoms with E-state index < -0.39 is 11.7 Å². The van der Waals surface area contributed by atoms with Crippen LogP contribution < -0.4 is 5.32 Å². The molecule has 1 aromatic carbocycles. The summed E-state index contributed by atoms with van der Waals surface area (Å²) in [7, 11) is 0. The molecule has 0 radical (unpaired) electrons. The van der Waals surface area contributed by atoms with Crippen molar-refractivity contribution in [1.29, 1.82) is 0 Å². The van der Waals surface area contributed by atoms with Gasteiger partial charge < -0.3 is 5.32 Å². The van der Waals surface area contributed by atoms with Crippen LogP contribution in [0.5, 0.6) is 0 Å². The fourth-order valence-electron chi connectivity index (χ4n) is 2.19. The van der Waals surface area contributed by atoms with E-state index in [4.69, 9.17) is 0 Å². The molecule has 2 nitrogen and oxygen atoms in total. The fraction of sp³-hybridized carbons (Fsp3) is 0.438. The lowest BCUT2D eigenvalue weighted by Crippen LogP contribution is -2.08. The van der Waals surface area contributed by atoms with Crippen LogP contribution in [0.15, 0.2) is 24.3 Å². The van der Waals surface area contributed by atoms with Crippen LogP contribution in [0.3, 0.4) is 0 Å². The maximum absolute atomic E-state index is 12.8. The highest BCUT2D eigenvalue weighted by Crippen LogP contribution is 2.33. The van der Waals surface area contributed by atoms with Crippen molar-refractivity contribution in [3.05, 3.63) is 35.4 Å². The molecule has 0 aliphatic rings. The first-order valence-corrected chi connectivity index (χ1v) is 7.08. The Balaban J connectivity index is 2.55. The molecule has 2 aromatic rings. The molecular weight excluding hydrogens is 277 g/mol. The van der Waals surface area contributed by atoms with Crippen molar-refractivity contribution < 1.29 is 13.2 Å². The van der Waals surface area contributed by atoms with Gasteiger partial charge in [-0.1, -0.05) is 20.8 Å². The van der Waals surface area contributed by atoms with Crippen molar-refractivity contribution in [2.24, 2.45) is 0 Å². The minimum Gasteiger partial charge on any atom is -0.370 e. The van der Waals surface area contributed by atoms with Gasteiger partial charge in [-0.05, 0) is 42.2 Å². The normalized spacial score (nSPS) is 12.1. The molecule has 1 aromatic heterocycles. The van der Waals surface area contributed by atoms with Gasteiger partial charge in [0, 0.05) is 11.9 Å². The Hall–Kier alpha value is -1.78. The Bertz CT molecular complexity index is 633. The molecule has 0 bridgehead atoms. The van der Waals surface area contributed by atoms with Gasteiger partial charge in [-0.3, -0.25) is 0 Å². The molecule has 21 heavy (non-hydrogen) atoms. The molecule has 0 saturated heterocycles. The summed E-state index contributed by atoms with van der Waals surface area (Å²) in [6, 6.07) is 5.48. The number of alkyl halides is 3. The van der Waals surface area contributed by atoms with Crippen LogP contribution in [-0.2, 0) is 6.18 Å². The van der Waals surface area contributed by atoms with Gasteiger partial charge in [0.15, 0.2) is 0 Å². The van der Waals surface area contributed by atoms with Crippen molar-refractivity contribution in [3.8, 4) is 0 Å². The van der Waals surface area contributed by atoms with Crippen molar-refractivity contribution >= 4 is 16.7 Å². The van der Waals surface area contributed by atoms with Crippen LogP contribution in [0.1, 0.15) is 44.2 Å². The molecule has 0 saturated carbocycles. The predicted octanol–water partition coefficient (Wildman–Crippen LogP) is 5.20. The molecule has 1 heterocycles. The van der Waals surface area contributed by atoms with E-state index in [1.807, 2.05) is 13.8 Å². The van der Waals surface area contributed by atoms with Crippen molar-refractivity contribution in [3.63, 3.8) is 0 Å². The first kappa shape index (κ1) is 15.6. The molecule has 1 N–H and O–H groups in total. The number of nitrogens with zero attached hydrogens (tertiary/aromatic N) is 1. The lowest BCUT2D eigenvalue weighted by atomic mass is 10.0. The van der Waals surface area contributed by atoms with Gasteiger partial charge in [-0.15, -0.1) is 0 Å². The molecule has 0 aliphatic heterocycles. The second-order valence-corrected chi connectivity index (χ2v) is 5.41. The molecule has 0 spiro atoms. The van der Waals surface area contributed by atoms with Crippen LogP contribution in [-0.4, -0.2) is 11.5 Å². The monoisotopic (exact) mass is 296 g/mol. The van der Waals surface area contributed by atoms with Gasteiger partial charge in [0.1, 0.15) is 5.82 Å². The Morgan fingerprint density at radius 2 is 1.90 bits per heavy atom. The van der Waals surface area contributed by atoms with E-state index in [2.05, 4.69) is 17.2 Å². The zero-order valence-corrected chi connectivity index (χ0v) is 12.4. The maximum Gasteiger partial charge on any atom is 0.416 e. The van der Waals surface area contributed by atoms with Crippen LogP contribution >= 0.6 is 0 Å². The summed E-state index contributed by atoms with van der Waals surface area (Å²) in [6.07, 6.45) is -3.37. The Kier molecular flexibility index (Phi) is 4.40. The van der Waals surface area contributed by atoms with Crippen molar-refractivity contribution in [2.45, 2.75) is 39.3 Å². The van der Waals surface area contributed by atoms with Crippen LogP contribution in [0.25, 0.3) is 10.9 Å². The summed E-state index contributed by atoms with van der Waals surface area (Å²) < 4.78 is 38.4. The van der Waals surface area contributed by atoms with E-state index in [0.29, 0.717) is 10.9 Å². The highest BCUT2D eigenvalue weighted by atomic mass is 19.4. The van der Waals surface area contributed by atoms with Gasteiger partial charge in [0.2, 0.25) is 0 Å². The third-order valence-corrected chi connectivity index (χ3v) is 3.34. The molecule has 2 rings (SSSR count). The van der Waals surface area contributed by atoms with Crippen LogP contribution in [0.2, 0.25) is 0 Å². The summed E-state index contributed by atoms with van der Waals surface area (Å²) in [5, 5.41) is 3.77. The highest BCUT2D eigenvalue weighted by molar-refractivity contribution is 5.82. The topological polar surface area (TPSA) is 24.9 Å². The quantitative estimate of drug-likeness (QED) is 0.839. The number of anilines is 1.